The van der Waals surface area contributed by atoms with Gasteiger partial charge in [-0.1, -0.05) is 41.4 Å². The Bertz CT molecular complexity index is 586. The van der Waals surface area contributed by atoms with Crippen LogP contribution in [0.5, 0.6) is 5.75 Å². The Morgan fingerprint density at radius 2 is 1.95 bits per heavy atom. The van der Waals surface area contributed by atoms with Crippen LogP contribution in [0.2, 0.25) is 10.0 Å². The molecule has 20 heavy (non-hydrogen) atoms. The zero-order valence-electron chi connectivity index (χ0n) is 11.5. The van der Waals surface area contributed by atoms with Gasteiger partial charge in [-0.3, -0.25) is 0 Å². The number of hydrogen-bond acceptors (Lipinski definition) is 2. The predicted octanol–water partition coefficient (Wildman–Crippen LogP) is 4.85. The van der Waals surface area contributed by atoms with Crippen molar-refractivity contribution in [2.45, 2.75) is 19.5 Å². The summed E-state index contributed by atoms with van der Waals surface area (Å²) in [6.07, 6.45) is 0. The van der Waals surface area contributed by atoms with E-state index in [9.17, 15) is 0 Å². The molecule has 0 bridgehead atoms. The summed E-state index contributed by atoms with van der Waals surface area (Å²) in [4.78, 5) is 0. The van der Waals surface area contributed by atoms with Crippen molar-refractivity contribution in [3.63, 3.8) is 0 Å². The van der Waals surface area contributed by atoms with E-state index in [1.165, 1.54) is 0 Å². The summed E-state index contributed by atoms with van der Waals surface area (Å²) in [7, 11) is 1.61. The van der Waals surface area contributed by atoms with Crippen molar-refractivity contribution in [1.82, 2.24) is 5.32 Å². The van der Waals surface area contributed by atoms with E-state index < -0.39 is 0 Å². The first kappa shape index (κ1) is 15.2. The fraction of sp³-hybridized carbons (Fsp3) is 0.250. The Labute approximate surface area is 129 Å². The molecule has 0 aliphatic carbocycles. The van der Waals surface area contributed by atoms with Gasteiger partial charge in [0.05, 0.1) is 12.1 Å². The molecule has 0 amide bonds. The van der Waals surface area contributed by atoms with Crippen LogP contribution in [-0.2, 0) is 6.54 Å². The molecule has 0 spiro atoms. The molecule has 106 valence electrons. The van der Waals surface area contributed by atoms with E-state index in [1.54, 1.807) is 7.11 Å². The minimum Gasteiger partial charge on any atom is -0.495 e. The van der Waals surface area contributed by atoms with Gasteiger partial charge in [0, 0.05) is 17.6 Å². The van der Waals surface area contributed by atoms with Gasteiger partial charge in [-0.05, 0) is 42.3 Å². The molecule has 2 rings (SSSR count). The van der Waals surface area contributed by atoms with Crippen LogP contribution in [0, 0.1) is 0 Å². The highest BCUT2D eigenvalue weighted by atomic mass is 35.5. The summed E-state index contributed by atoms with van der Waals surface area (Å²) in [5, 5.41) is 4.83. The van der Waals surface area contributed by atoms with Gasteiger partial charge in [0.1, 0.15) is 5.75 Å². The van der Waals surface area contributed by atoms with Crippen molar-refractivity contribution in [1.29, 1.82) is 0 Å². The van der Waals surface area contributed by atoms with Crippen molar-refractivity contribution in [3.8, 4) is 5.75 Å². The topological polar surface area (TPSA) is 21.3 Å². The van der Waals surface area contributed by atoms with Crippen molar-refractivity contribution in [2.24, 2.45) is 0 Å². The summed E-state index contributed by atoms with van der Waals surface area (Å²) >= 11 is 12.1. The lowest BCUT2D eigenvalue weighted by Crippen LogP contribution is -2.18. The van der Waals surface area contributed by atoms with Crippen molar-refractivity contribution in [3.05, 3.63) is 63.6 Å². The zero-order valence-corrected chi connectivity index (χ0v) is 13.0. The van der Waals surface area contributed by atoms with Gasteiger partial charge in [-0.15, -0.1) is 0 Å². The van der Waals surface area contributed by atoms with E-state index in [4.69, 9.17) is 27.9 Å². The minimum atomic E-state index is 0.217. The van der Waals surface area contributed by atoms with E-state index in [-0.39, 0.29) is 6.04 Å². The number of rotatable bonds is 5. The van der Waals surface area contributed by atoms with Crippen LogP contribution < -0.4 is 10.1 Å². The maximum Gasteiger partial charge on any atom is 0.137 e. The fourth-order valence-corrected chi connectivity index (χ4v) is 2.46. The maximum absolute atomic E-state index is 6.11. The molecule has 2 aromatic carbocycles. The first-order valence-corrected chi connectivity index (χ1v) is 7.17. The Balaban J connectivity index is 1.99. The summed E-state index contributed by atoms with van der Waals surface area (Å²) < 4.78 is 5.14. The smallest absolute Gasteiger partial charge is 0.137 e. The molecule has 4 heteroatoms. The molecular formula is C16H17Cl2NO. The molecule has 0 aliphatic heterocycles. The molecule has 2 nitrogen and oxygen atoms in total. The Kier molecular flexibility index (Phi) is 5.30. The molecule has 1 atom stereocenters. The summed E-state index contributed by atoms with van der Waals surface area (Å²) in [5.41, 5.74) is 2.28. The molecule has 0 heterocycles. The van der Waals surface area contributed by atoms with Crippen LogP contribution in [0.3, 0.4) is 0 Å². The summed E-state index contributed by atoms with van der Waals surface area (Å²) in [5.74, 6) is 0.693. The SMILES string of the molecule is COc1ccc(CN[C@H](C)c2cccc(Cl)c2)cc1Cl. The van der Waals surface area contributed by atoms with Crippen LogP contribution in [0.25, 0.3) is 0 Å². The summed E-state index contributed by atoms with van der Waals surface area (Å²) in [6, 6.07) is 13.9. The van der Waals surface area contributed by atoms with Gasteiger partial charge in [0.25, 0.3) is 0 Å². The quantitative estimate of drug-likeness (QED) is 0.852. The van der Waals surface area contributed by atoms with Crippen LogP contribution in [0.4, 0.5) is 0 Å². The third kappa shape index (κ3) is 3.89. The molecule has 0 saturated heterocycles. The van der Waals surface area contributed by atoms with Crippen molar-refractivity contribution < 1.29 is 4.74 Å². The molecule has 2 aromatic rings. The average Bonchev–Trinajstić information content (AvgIpc) is 2.45. The second kappa shape index (κ2) is 6.98. The lowest BCUT2D eigenvalue weighted by molar-refractivity contribution is 0.414. The monoisotopic (exact) mass is 309 g/mol. The van der Waals surface area contributed by atoms with E-state index in [0.717, 1.165) is 22.7 Å². The molecule has 1 N–H and O–H groups in total. The highest BCUT2D eigenvalue weighted by Gasteiger charge is 2.06. The standard InChI is InChI=1S/C16H17Cl2NO/c1-11(13-4-3-5-14(17)9-13)19-10-12-6-7-16(20-2)15(18)8-12/h3-9,11,19H,10H2,1-2H3/t11-/m1/s1. The van der Waals surface area contributed by atoms with Crippen molar-refractivity contribution in [2.75, 3.05) is 7.11 Å². The predicted molar refractivity (Wildman–Crippen MR) is 84.7 cm³/mol. The Morgan fingerprint density at radius 3 is 2.60 bits per heavy atom. The van der Waals surface area contributed by atoms with Crippen LogP contribution >= 0.6 is 23.2 Å². The number of ether oxygens (including phenoxy) is 1. The van der Waals surface area contributed by atoms with Gasteiger partial charge < -0.3 is 10.1 Å². The average molecular weight is 310 g/mol. The highest BCUT2D eigenvalue weighted by Crippen LogP contribution is 2.25. The zero-order chi connectivity index (χ0) is 14.5. The number of benzene rings is 2. The third-order valence-electron chi connectivity index (χ3n) is 3.18. The van der Waals surface area contributed by atoms with Gasteiger partial charge in [-0.2, -0.15) is 0 Å². The number of hydrogen-bond donors (Lipinski definition) is 1. The minimum absolute atomic E-state index is 0.217. The molecule has 0 aromatic heterocycles. The van der Waals surface area contributed by atoms with Crippen molar-refractivity contribution >= 4 is 23.2 Å². The van der Waals surface area contributed by atoms with E-state index in [1.807, 2.05) is 36.4 Å². The number of nitrogens with one attached hydrogen (secondary N) is 1. The van der Waals surface area contributed by atoms with Gasteiger partial charge in [-0.25, -0.2) is 0 Å². The maximum atomic E-state index is 6.11. The fourth-order valence-electron chi connectivity index (χ4n) is 1.98. The normalized spacial score (nSPS) is 12.2. The molecule has 0 aliphatic rings. The third-order valence-corrected chi connectivity index (χ3v) is 3.71. The second-order valence-corrected chi connectivity index (χ2v) is 5.47. The van der Waals surface area contributed by atoms with E-state index >= 15 is 0 Å². The first-order valence-electron chi connectivity index (χ1n) is 6.41. The Morgan fingerprint density at radius 1 is 1.15 bits per heavy atom. The lowest BCUT2D eigenvalue weighted by atomic mass is 10.1. The van der Waals surface area contributed by atoms with Gasteiger partial charge in [0.2, 0.25) is 0 Å². The molecular weight excluding hydrogens is 293 g/mol. The van der Waals surface area contributed by atoms with Crippen LogP contribution in [0.1, 0.15) is 24.1 Å². The molecule has 0 unspecified atom stereocenters. The number of methoxy groups -OCH3 is 1. The first-order chi connectivity index (χ1) is 9.60. The van der Waals surface area contributed by atoms with Gasteiger partial charge in [0.15, 0.2) is 0 Å². The Hall–Kier alpha value is -1.22. The second-order valence-electron chi connectivity index (χ2n) is 4.63. The molecule has 0 fully saturated rings. The molecule has 0 saturated carbocycles. The van der Waals surface area contributed by atoms with E-state index in [0.29, 0.717) is 10.8 Å². The van der Waals surface area contributed by atoms with Crippen LogP contribution in [-0.4, -0.2) is 7.11 Å². The largest absolute Gasteiger partial charge is 0.495 e. The van der Waals surface area contributed by atoms with Gasteiger partial charge >= 0.3 is 0 Å². The summed E-state index contributed by atoms with van der Waals surface area (Å²) in [6.45, 7) is 2.84. The van der Waals surface area contributed by atoms with Crippen LogP contribution in [0.15, 0.2) is 42.5 Å². The van der Waals surface area contributed by atoms with E-state index in [2.05, 4.69) is 18.3 Å². The highest BCUT2D eigenvalue weighted by molar-refractivity contribution is 6.32. The number of halogens is 2. The lowest BCUT2D eigenvalue weighted by Gasteiger charge is -2.15. The molecule has 0 radical (unpaired) electrons.